The van der Waals surface area contributed by atoms with Gasteiger partial charge in [0.25, 0.3) is 0 Å². The lowest BCUT2D eigenvalue weighted by Crippen LogP contribution is -2.37. The van der Waals surface area contributed by atoms with Crippen molar-refractivity contribution in [2.24, 2.45) is 16.6 Å². The molecular formula is C16H22ClN5. The molecule has 0 fully saturated rings. The van der Waals surface area contributed by atoms with Crippen LogP contribution in [0.25, 0.3) is 0 Å². The molecule has 0 amide bonds. The van der Waals surface area contributed by atoms with E-state index in [1.807, 2.05) is 41.2 Å². The van der Waals surface area contributed by atoms with Crippen LogP contribution in [0.1, 0.15) is 25.5 Å². The Bertz CT molecular complexity index is 590. The Hall–Kier alpha value is -2.01. The first-order chi connectivity index (χ1) is 10.6. The number of nitrogens with zero attached hydrogens (tertiary/aromatic N) is 3. The molecule has 0 saturated carbocycles. The summed E-state index contributed by atoms with van der Waals surface area (Å²) in [6.07, 6.45) is 3.70. The maximum atomic E-state index is 5.96. The van der Waals surface area contributed by atoms with Crippen LogP contribution in [0.15, 0.2) is 47.7 Å². The Morgan fingerprint density at radius 2 is 2.09 bits per heavy atom. The molecule has 0 aliphatic rings. The molecular weight excluding hydrogens is 298 g/mol. The molecule has 0 bridgehead atoms. The average molecular weight is 320 g/mol. The molecule has 1 aromatic carbocycles. The van der Waals surface area contributed by atoms with Gasteiger partial charge >= 0.3 is 0 Å². The molecule has 0 radical (unpaired) electrons. The first-order valence-electron chi connectivity index (χ1n) is 7.34. The molecule has 0 spiro atoms. The van der Waals surface area contributed by atoms with Crippen molar-refractivity contribution in [1.82, 2.24) is 15.1 Å². The van der Waals surface area contributed by atoms with Crippen LogP contribution < -0.4 is 11.1 Å². The van der Waals surface area contributed by atoms with E-state index in [0.717, 1.165) is 5.56 Å². The quantitative estimate of drug-likeness (QED) is 0.635. The number of halogens is 1. The number of benzene rings is 1. The lowest BCUT2D eigenvalue weighted by molar-refractivity contribution is 0.512. The second-order valence-electron chi connectivity index (χ2n) is 5.55. The van der Waals surface area contributed by atoms with Gasteiger partial charge in [-0.15, -0.1) is 0 Å². The summed E-state index contributed by atoms with van der Waals surface area (Å²) in [5.74, 6) is 0.943. The van der Waals surface area contributed by atoms with E-state index < -0.39 is 0 Å². The average Bonchev–Trinajstić information content (AvgIpc) is 3.01. The van der Waals surface area contributed by atoms with Gasteiger partial charge in [0, 0.05) is 30.5 Å². The van der Waals surface area contributed by atoms with Gasteiger partial charge in [-0.05, 0) is 29.7 Å². The van der Waals surface area contributed by atoms with Crippen LogP contribution in [0.4, 0.5) is 0 Å². The third-order valence-corrected chi connectivity index (χ3v) is 3.45. The lowest BCUT2D eigenvalue weighted by Gasteiger charge is -2.19. The summed E-state index contributed by atoms with van der Waals surface area (Å²) in [7, 11) is 0. The van der Waals surface area contributed by atoms with Gasteiger partial charge in [-0.2, -0.15) is 5.10 Å². The van der Waals surface area contributed by atoms with E-state index in [-0.39, 0.29) is 6.04 Å². The van der Waals surface area contributed by atoms with Gasteiger partial charge in [0.05, 0.1) is 6.04 Å². The van der Waals surface area contributed by atoms with E-state index in [2.05, 4.69) is 29.3 Å². The van der Waals surface area contributed by atoms with Crippen LogP contribution in [-0.2, 0) is 0 Å². The smallest absolute Gasteiger partial charge is 0.188 e. The van der Waals surface area contributed by atoms with E-state index in [9.17, 15) is 0 Å². The van der Waals surface area contributed by atoms with Crippen molar-refractivity contribution in [3.05, 3.63) is 53.3 Å². The SMILES string of the molecule is CC(C)CN=C(N)NCC(c1ccc(Cl)cc1)n1cccn1. The Morgan fingerprint density at radius 1 is 1.36 bits per heavy atom. The summed E-state index contributed by atoms with van der Waals surface area (Å²) in [5.41, 5.74) is 7.02. The van der Waals surface area contributed by atoms with Gasteiger partial charge in [0.2, 0.25) is 0 Å². The van der Waals surface area contributed by atoms with Crippen LogP contribution in [0.3, 0.4) is 0 Å². The van der Waals surface area contributed by atoms with Crippen LogP contribution in [0, 0.1) is 5.92 Å². The molecule has 1 heterocycles. The van der Waals surface area contributed by atoms with Gasteiger partial charge in [0.15, 0.2) is 5.96 Å². The summed E-state index contributed by atoms with van der Waals surface area (Å²) in [6.45, 7) is 5.54. The highest BCUT2D eigenvalue weighted by atomic mass is 35.5. The number of rotatable bonds is 6. The summed E-state index contributed by atoms with van der Waals surface area (Å²) < 4.78 is 1.89. The van der Waals surface area contributed by atoms with Crippen molar-refractivity contribution in [1.29, 1.82) is 0 Å². The van der Waals surface area contributed by atoms with E-state index in [1.165, 1.54) is 0 Å². The zero-order valence-corrected chi connectivity index (χ0v) is 13.7. The van der Waals surface area contributed by atoms with Crippen molar-refractivity contribution in [3.8, 4) is 0 Å². The second-order valence-corrected chi connectivity index (χ2v) is 5.99. The van der Waals surface area contributed by atoms with E-state index in [1.54, 1.807) is 6.20 Å². The maximum Gasteiger partial charge on any atom is 0.188 e. The predicted octanol–water partition coefficient (Wildman–Crippen LogP) is 2.69. The van der Waals surface area contributed by atoms with Crippen molar-refractivity contribution in [2.75, 3.05) is 13.1 Å². The van der Waals surface area contributed by atoms with Crippen LogP contribution in [0.5, 0.6) is 0 Å². The number of aromatic nitrogens is 2. The van der Waals surface area contributed by atoms with Crippen LogP contribution in [-0.4, -0.2) is 28.8 Å². The number of guanidine groups is 1. The second kappa shape index (κ2) is 7.84. The monoisotopic (exact) mass is 319 g/mol. The Morgan fingerprint density at radius 3 is 2.68 bits per heavy atom. The molecule has 0 aliphatic heterocycles. The summed E-state index contributed by atoms with van der Waals surface area (Å²) in [6, 6.07) is 9.68. The molecule has 3 N–H and O–H groups in total. The minimum absolute atomic E-state index is 0.0278. The number of nitrogens with one attached hydrogen (secondary N) is 1. The van der Waals surface area contributed by atoms with Crippen molar-refractivity contribution >= 4 is 17.6 Å². The van der Waals surface area contributed by atoms with Gasteiger partial charge in [-0.1, -0.05) is 37.6 Å². The highest BCUT2D eigenvalue weighted by Crippen LogP contribution is 2.19. The fourth-order valence-electron chi connectivity index (χ4n) is 2.05. The molecule has 0 saturated heterocycles. The molecule has 0 aliphatic carbocycles. The van der Waals surface area contributed by atoms with Crippen LogP contribution in [0.2, 0.25) is 5.02 Å². The Balaban J connectivity index is 2.09. The fraction of sp³-hybridized carbons (Fsp3) is 0.375. The van der Waals surface area contributed by atoms with Crippen LogP contribution >= 0.6 is 11.6 Å². The third-order valence-electron chi connectivity index (χ3n) is 3.20. The number of hydrogen-bond donors (Lipinski definition) is 2. The van der Waals surface area contributed by atoms with Gasteiger partial charge in [-0.25, -0.2) is 0 Å². The van der Waals surface area contributed by atoms with Crippen molar-refractivity contribution in [2.45, 2.75) is 19.9 Å². The largest absolute Gasteiger partial charge is 0.370 e. The zero-order chi connectivity index (χ0) is 15.9. The first kappa shape index (κ1) is 16.4. The highest BCUT2D eigenvalue weighted by molar-refractivity contribution is 6.30. The molecule has 22 heavy (non-hydrogen) atoms. The Kier molecular flexibility index (Phi) is 5.83. The highest BCUT2D eigenvalue weighted by Gasteiger charge is 2.14. The zero-order valence-electron chi connectivity index (χ0n) is 12.9. The molecule has 1 aromatic heterocycles. The molecule has 6 heteroatoms. The molecule has 2 rings (SSSR count). The molecule has 5 nitrogen and oxygen atoms in total. The molecule has 1 atom stereocenters. The predicted molar refractivity (Wildman–Crippen MR) is 91.1 cm³/mol. The van der Waals surface area contributed by atoms with Gasteiger partial charge in [-0.3, -0.25) is 9.67 Å². The van der Waals surface area contributed by atoms with E-state index >= 15 is 0 Å². The number of hydrogen-bond acceptors (Lipinski definition) is 2. The third kappa shape index (κ3) is 4.77. The topological polar surface area (TPSA) is 68.2 Å². The summed E-state index contributed by atoms with van der Waals surface area (Å²) >= 11 is 5.96. The van der Waals surface area contributed by atoms with E-state index in [4.69, 9.17) is 17.3 Å². The molecule has 1 unspecified atom stereocenters. The van der Waals surface area contributed by atoms with Crippen molar-refractivity contribution < 1.29 is 0 Å². The van der Waals surface area contributed by atoms with E-state index in [0.29, 0.717) is 30.0 Å². The summed E-state index contributed by atoms with van der Waals surface area (Å²) in [5, 5.41) is 8.22. The normalized spacial score (nSPS) is 13.4. The maximum absolute atomic E-state index is 5.96. The van der Waals surface area contributed by atoms with Crippen molar-refractivity contribution in [3.63, 3.8) is 0 Å². The number of aliphatic imine (C=N–C) groups is 1. The van der Waals surface area contributed by atoms with Gasteiger partial charge < -0.3 is 11.1 Å². The molecule has 118 valence electrons. The Labute approximate surface area is 136 Å². The summed E-state index contributed by atoms with van der Waals surface area (Å²) in [4.78, 5) is 4.32. The number of nitrogens with two attached hydrogens (primary N) is 1. The van der Waals surface area contributed by atoms with Gasteiger partial charge in [0.1, 0.15) is 0 Å². The fourth-order valence-corrected chi connectivity index (χ4v) is 2.18. The first-order valence-corrected chi connectivity index (χ1v) is 7.72. The minimum atomic E-state index is 0.0278. The molecule has 2 aromatic rings. The lowest BCUT2D eigenvalue weighted by atomic mass is 10.1. The standard InChI is InChI=1S/C16H22ClN5/c1-12(2)10-19-16(18)20-11-15(22-9-3-8-21-22)13-4-6-14(17)7-5-13/h3-9,12,15H,10-11H2,1-2H3,(H3,18,19,20). The minimum Gasteiger partial charge on any atom is -0.370 e.